The maximum absolute atomic E-state index is 11.3. The van der Waals surface area contributed by atoms with E-state index in [0.29, 0.717) is 5.03 Å². The summed E-state index contributed by atoms with van der Waals surface area (Å²) in [5.41, 5.74) is 7.55. The van der Waals surface area contributed by atoms with E-state index in [2.05, 4.69) is 155 Å². The molecule has 4 nitrogen and oxygen atoms in total. The summed E-state index contributed by atoms with van der Waals surface area (Å²) in [6.45, 7) is 15.3. The summed E-state index contributed by atoms with van der Waals surface area (Å²) < 4.78 is 9.51. The predicted molar refractivity (Wildman–Crippen MR) is 264 cm³/mol. The number of rotatable bonds is 3. The average Bonchev–Trinajstić information content (AvgIpc) is 3.08. The molecule has 0 spiro atoms. The van der Waals surface area contributed by atoms with E-state index < -0.39 is 5.20 Å². The molecule has 0 bridgehead atoms. The van der Waals surface area contributed by atoms with E-state index in [0.717, 1.165) is 28.7 Å². The molecule has 3 aromatic rings. The fourth-order valence-electron chi connectivity index (χ4n) is 5.82. The number of ketones is 1. The molecule has 56 heavy (non-hydrogen) atoms. The smallest absolute Gasteiger partial charge is 0.870 e. The van der Waals surface area contributed by atoms with Crippen molar-refractivity contribution < 1.29 is 49.2 Å². The zero-order chi connectivity index (χ0) is 40.2. The number of carbonyl (C=O) groups is 2. The van der Waals surface area contributed by atoms with E-state index in [9.17, 15) is 14.2 Å². The van der Waals surface area contributed by atoms with Crippen molar-refractivity contribution in [3.63, 3.8) is 0 Å². The molecule has 3 aliphatic rings. The van der Waals surface area contributed by atoms with Gasteiger partial charge in [0, 0.05) is 63.0 Å². The molecule has 0 fully saturated rings. The number of hydrogen-bond donors (Lipinski definition) is 0. The van der Waals surface area contributed by atoms with Crippen molar-refractivity contribution in [1.29, 1.82) is 0 Å². The van der Waals surface area contributed by atoms with Crippen LogP contribution in [0, 0.1) is 12.3 Å². The molecule has 0 saturated heterocycles. The van der Waals surface area contributed by atoms with Crippen LogP contribution in [0.5, 0.6) is 0 Å². The van der Waals surface area contributed by atoms with Crippen LogP contribution in [0.4, 0.5) is 0 Å². The molecule has 0 aromatic heterocycles. The van der Waals surface area contributed by atoms with Gasteiger partial charge in [-0.3, -0.25) is 14.2 Å². The molecule has 0 atom stereocenters. The second-order valence-corrected chi connectivity index (χ2v) is 24.8. The standard InChI is InChI=1S/C14H15ClOS.C13H16OS.C13H14S.CH4.Cl3OP.I2.Na.H2O/c1-14(2)6-8-17-13-4-3-10(9-11(13)14)12(15)5-7-16;1-9(14)10-4-5-12-11(8-10)13(2,3)6-7-15-12;1-4-10-5-6-12-11(9-10)13(2,3)7-8-14-12;;1-5(2,3)4;1-2;;/h3-5,7,9H,6,8H2,1-2H3;4-5,8H,6-7H2,1-3H3;1,5-6,9H,7-8H2,2-3H3;1H4;;;;1H2/q;;;;;;+1;/p-1/b12-5+;;;;;;;. The van der Waals surface area contributed by atoms with Gasteiger partial charge in [0.1, 0.15) is 6.29 Å². The monoisotopic (exact) mass is 1150 g/mol. The second kappa shape index (κ2) is 27.3. The minimum atomic E-state index is -3.22. The van der Waals surface area contributed by atoms with Crippen LogP contribution >= 0.6 is 123 Å². The summed E-state index contributed by atoms with van der Waals surface area (Å²) in [7, 11) is 0. The third-order valence-electron chi connectivity index (χ3n) is 9.14. The molecule has 3 aromatic carbocycles. The number of thioether (sulfide) groups is 3. The molecule has 1 N–H and O–H groups in total. The van der Waals surface area contributed by atoms with Gasteiger partial charge < -0.3 is 5.48 Å². The van der Waals surface area contributed by atoms with Crippen LogP contribution in [0.25, 0.3) is 5.03 Å². The molecular weight excluding hydrogens is 1100 g/mol. The summed E-state index contributed by atoms with van der Waals surface area (Å²) in [5, 5.41) is -2.71. The Kier molecular flexibility index (Phi) is 28.9. The molecule has 15 heteroatoms. The number of carbonyl (C=O) groups excluding carboxylic acids is 2. The number of benzene rings is 3. The number of aldehydes is 1. The molecule has 0 aliphatic carbocycles. The maximum atomic E-state index is 11.3. The first-order chi connectivity index (χ1) is 24.7. The Bertz CT molecular complexity index is 1870. The van der Waals surface area contributed by atoms with E-state index in [1.165, 1.54) is 68.2 Å². The maximum Gasteiger partial charge on any atom is 1.00 e. The van der Waals surface area contributed by atoms with Gasteiger partial charge in [0.2, 0.25) is 0 Å². The Balaban J connectivity index is 0. The van der Waals surface area contributed by atoms with Gasteiger partial charge in [0.25, 0.3) is 0 Å². The number of hydrogen-bond acceptors (Lipinski definition) is 7. The Labute approximate surface area is 413 Å². The fraction of sp³-hybridized carbons (Fsp3) is 0.415. The van der Waals surface area contributed by atoms with Crippen LogP contribution in [-0.4, -0.2) is 34.8 Å². The second-order valence-electron chi connectivity index (χ2n) is 14.3. The minimum absolute atomic E-state index is 0. The summed E-state index contributed by atoms with van der Waals surface area (Å²) in [6, 6.07) is 18.7. The SMILES string of the molecule is C.C#Cc1ccc2c(c1)C(C)(C)CCS2.CC(=O)c1ccc2c(c1)C(C)(C)CCS2.CC1(C)CCSc2ccc(/C(Cl)=C\C=O)cc21.II.O=P(Cl)(Cl)Cl.[Na+].[OH-]. The summed E-state index contributed by atoms with van der Waals surface area (Å²) in [4.78, 5) is 25.9. The Morgan fingerprint density at radius 1 is 0.750 bits per heavy atom. The van der Waals surface area contributed by atoms with E-state index in [1.807, 2.05) is 53.5 Å². The molecule has 3 heterocycles. The van der Waals surface area contributed by atoms with Crippen LogP contribution in [0.1, 0.15) is 113 Å². The molecule has 0 radical (unpaired) electrons. The first-order valence-corrected chi connectivity index (χ1v) is 30.7. The quantitative estimate of drug-likeness (QED) is 0.0492. The summed E-state index contributed by atoms with van der Waals surface area (Å²) >= 11 is 29.9. The molecule has 3 aliphatic heterocycles. The van der Waals surface area contributed by atoms with E-state index in [1.54, 1.807) is 6.92 Å². The van der Waals surface area contributed by atoms with Crippen molar-refractivity contribution in [3.8, 4) is 12.3 Å². The topological polar surface area (TPSA) is 81.2 Å². The van der Waals surface area contributed by atoms with E-state index in [-0.39, 0.29) is 64.5 Å². The largest absolute Gasteiger partial charge is 1.00 e. The van der Waals surface area contributed by atoms with Crippen molar-refractivity contribution in [1.82, 2.24) is 0 Å². The van der Waals surface area contributed by atoms with Crippen LogP contribution in [0.3, 0.4) is 0 Å². The van der Waals surface area contributed by atoms with Crippen molar-refractivity contribution >= 4 is 140 Å². The summed E-state index contributed by atoms with van der Waals surface area (Å²) in [6.07, 6.45) is 11.1. The van der Waals surface area contributed by atoms with Gasteiger partial charge in [-0.2, -0.15) is 0 Å². The fourth-order valence-corrected chi connectivity index (χ4v) is 10.5. The van der Waals surface area contributed by atoms with Crippen molar-refractivity contribution in [3.05, 3.63) is 94.1 Å². The predicted octanol–water partition coefficient (Wildman–Crippen LogP) is 13.4. The van der Waals surface area contributed by atoms with Gasteiger partial charge in [-0.15, -0.1) is 41.7 Å². The Morgan fingerprint density at radius 3 is 1.45 bits per heavy atom. The van der Waals surface area contributed by atoms with Crippen LogP contribution in [0.2, 0.25) is 0 Å². The zero-order valence-corrected chi connectivity index (χ0v) is 45.0. The van der Waals surface area contributed by atoms with Crippen molar-refractivity contribution in [2.75, 3.05) is 17.3 Å². The average molecular weight is 1150 g/mol. The van der Waals surface area contributed by atoms with E-state index in [4.69, 9.17) is 18.0 Å². The normalized spacial score (nSPS) is 16.3. The number of fused-ring (bicyclic) bond motifs is 3. The number of Topliss-reactive ketones (excluding diaryl/α,β-unsaturated/α-hetero) is 1. The number of terminal acetylenes is 1. The summed E-state index contributed by atoms with van der Waals surface area (Å²) in [5.74, 6) is 6.42. The number of halogens is 6. The van der Waals surface area contributed by atoms with Gasteiger partial charge >= 0.3 is 34.8 Å². The first-order valence-electron chi connectivity index (χ1n) is 16.6. The third-order valence-corrected chi connectivity index (χ3v) is 12.7. The molecule has 0 amide bonds. The molecule has 0 unspecified atom stereocenters. The number of allylic oxidation sites excluding steroid dienone is 1. The van der Waals surface area contributed by atoms with Crippen LogP contribution in [-0.2, 0) is 25.6 Å². The van der Waals surface area contributed by atoms with Gasteiger partial charge in [-0.1, -0.05) is 78.6 Å². The van der Waals surface area contributed by atoms with Gasteiger partial charge in [-0.05, 0) is 164 Å². The molecular formula is C41H50Cl4I2NaO4PS3. The van der Waals surface area contributed by atoms with Crippen molar-refractivity contribution in [2.24, 2.45) is 0 Å². The minimum Gasteiger partial charge on any atom is -0.870 e. The van der Waals surface area contributed by atoms with Crippen LogP contribution < -0.4 is 29.6 Å². The molecule has 0 saturated carbocycles. The Morgan fingerprint density at radius 2 is 1.09 bits per heavy atom. The molecule has 304 valence electrons. The van der Waals surface area contributed by atoms with Gasteiger partial charge in [-0.25, -0.2) is 0 Å². The van der Waals surface area contributed by atoms with Crippen LogP contribution in [0.15, 0.2) is 75.4 Å². The first kappa shape index (κ1) is 59.3. The molecule has 6 rings (SSSR count). The van der Waals surface area contributed by atoms with Crippen molar-refractivity contribution in [2.45, 2.75) is 106 Å². The third kappa shape index (κ3) is 19.1. The van der Waals surface area contributed by atoms with Gasteiger partial charge in [0.05, 0.1) is 5.03 Å². The van der Waals surface area contributed by atoms with Gasteiger partial charge in [0.15, 0.2) is 5.78 Å². The van der Waals surface area contributed by atoms with E-state index >= 15 is 0 Å². The zero-order valence-electron chi connectivity index (χ0n) is 32.3. The Hall–Kier alpha value is 1.16.